The van der Waals surface area contributed by atoms with Crippen LogP contribution in [-0.4, -0.2) is 25.2 Å². The van der Waals surface area contributed by atoms with Gasteiger partial charge in [0.25, 0.3) is 0 Å². The third-order valence-electron chi connectivity index (χ3n) is 3.11. The van der Waals surface area contributed by atoms with Gasteiger partial charge in [-0.25, -0.2) is 4.39 Å². The second kappa shape index (κ2) is 2.95. The molecule has 0 saturated carbocycles. The van der Waals surface area contributed by atoms with Crippen LogP contribution in [0.3, 0.4) is 0 Å². The summed E-state index contributed by atoms with van der Waals surface area (Å²) in [4.78, 5) is 2.33. The van der Waals surface area contributed by atoms with Crippen LogP contribution in [0.25, 0.3) is 0 Å². The zero-order valence-corrected chi connectivity index (χ0v) is 7.91. The molecule has 2 bridgehead atoms. The van der Waals surface area contributed by atoms with Crippen LogP contribution >= 0.6 is 0 Å². The number of piperidine rings is 1. The van der Waals surface area contributed by atoms with Crippen molar-refractivity contribution in [3.8, 4) is 0 Å². The molecule has 1 aromatic rings. The average Bonchev–Trinajstić information content (AvgIpc) is 2.18. The van der Waals surface area contributed by atoms with Gasteiger partial charge in [0.1, 0.15) is 5.82 Å². The molecule has 3 fully saturated rings. The van der Waals surface area contributed by atoms with Crippen molar-refractivity contribution in [3.05, 3.63) is 30.1 Å². The first-order valence-electron chi connectivity index (χ1n) is 5.08. The maximum Gasteiger partial charge on any atom is 0.123 e. The summed E-state index contributed by atoms with van der Waals surface area (Å²) < 4.78 is 12.7. The van der Waals surface area contributed by atoms with Gasteiger partial charge in [0.2, 0.25) is 0 Å². The summed E-state index contributed by atoms with van der Waals surface area (Å²) in [5, 5.41) is 3.47. The molecule has 3 heteroatoms. The van der Waals surface area contributed by atoms with Crippen LogP contribution in [0.1, 0.15) is 6.42 Å². The molecule has 0 aromatic heterocycles. The number of nitrogens with one attached hydrogen (secondary N) is 1. The fourth-order valence-electron chi connectivity index (χ4n) is 2.38. The quantitative estimate of drug-likeness (QED) is 0.723. The molecule has 1 aromatic carbocycles. The highest BCUT2D eigenvalue weighted by Gasteiger charge is 2.36. The van der Waals surface area contributed by atoms with Gasteiger partial charge in [0, 0.05) is 30.9 Å². The van der Waals surface area contributed by atoms with Crippen molar-refractivity contribution >= 4 is 5.69 Å². The van der Waals surface area contributed by atoms with Gasteiger partial charge in [-0.3, -0.25) is 0 Å². The van der Waals surface area contributed by atoms with E-state index in [2.05, 4.69) is 10.2 Å². The fourth-order valence-corrected chi connectivity index (χ4v) is 2.38. The highest BCUT2D eigenvalue weighted by atomic mass is 19.1. The van der Waals surface area contributed by atoms with Crippen LogP contribution in [0, 0.1) is 5.82 Å². The van der Waals surface area contributed by atoms with Crippen LogP contribution in [-0.2, 0) is 0 Å². The Hall–Kier alpha value is -1.09. The number of fused-ring (bicyclic) bond motifs is 2. The number of nitrogens with zero attached hydrogens (tertiary/aromatic N) is 1. The van der Waals surface area contributed by atoms with E-state index in [1.54, 1.807) is 0 Å². The second-order valence-electron chi connectivity index (χ2n) is 4.18. The summed E-state index contributed by atoms with van der Waals surface area (Å²) in [7, 11) is 0. The Morgan fingerprint density at radius 2 is 1.71 bits per heavy atom. The Bertz CT molecular complexity index is 320. The van der Waals surface area contributed by atoms with E-state index in [0.29, 0.717) is 12.1 Å². The van der Waals surface area contributed by atoms with Gasteiger partial charge in [-0.05, 0) is 30.7 Å². The van der Waals surface area contributed by atoms with Gasteiger partial charge in [-0.15, -0.1) is 0 Å². The third kappa shape index (κ3) is 1.28. The summed E-state index contributed by atoms with van der Waals surface area (Å²) in [5.41, 5.74) is 1.14. The van der Waals surface area contributed by atoms with E-state index in [0.717, 1.165) is 18.8 Å². The van der Waals surface area contributed by atoms with E-state index in [1.807, 2.05) is 12.1 Å². The topological polar surface area (TPSA) is 15.3 Å². The van der Waals surface area contributed by atoms with Crippen LogP contribution in [0.2, 0.25) is 0 Å². The minimum absolute atomic E-state index is 0.158. The lowest BCUT2D eigenvalue weighted by atomic mass is 9.91. The first-order chi connectivity index (χ1) is 6.81. The van der Waals surface area contributed by atoms with Crippen molar-refractivity contribution in [3.63, 3.8) is 0 Å². The van der Waals surface area contributed by atoms with E-state index in [4.69, 9.17) is 0 Å². The lowest BCUT2D eigenvalue weighted by Gasteiger charge is -2.49. The van der Waals surface area contributed by atoms with Gasteiger partial charge in [0.05, 0.1) is 0 Å². The molecule has 3 saturated heterocycles. The van der Waals surface area contributed by atoms with Crippen molar-refractivity contribution in [1.82, 2.24) is 5.32 Å². The van der Waals surface area contributed by atoms with E-state index in [1.165, 1.54) is 18.6 Å². The van der Waals surface area contributed by atoms with Crippen molar-refractivity contribution < 1.29 is 4.39 Å². The SMILES string of the molecule is Fc1ccc(N2CC3CC(C2)N3)cc1. The van der Waals surface area contributed by atoms with Crippen molar-refractivity contribution in [2.75, 3.05) is 18.0 Å². The predicted molar refractivity (Wildman–Crippen MR) is 53.9 cm³/mol. The van der Waals surface area contributed by atoms with Gasteiger partial charge >= 0.3 is 0 Å². The molecule has 14 heavy (non-hydrogen) atoms. The number of hydrogen-bond donors (Lipinski definition) is 1. The van der Waals surface area contributed by atoms with Crippen LogP contribution in [0.5, 0.6) is 0 Å². The average molecular weight is 192 g/mol. The molecule has 74 valence electrons. The Balaban J connectivity index is 1.79. The first kappa shape index (κ1) is 8.24. The number of anilines is 1. The Kier molecular flexibility index (Phi) is 1.74. The molecule has 3 heterocycles. The lowest BCUT2D eigenvalue weighted by Crippen LogP contribution is -2.67. The number of benzene rings is 1. The molecule has 0 amide bonds. The minimum atomic E-state index is -0.158. The largest absolute Gasteiger partial charge is 0.368 e. The standard InChI is InChI=1S/C11H13FN2/c12-8-1-3-11(4-2-8)14-6-9-5-10(7-14)13-9/h1-4,9-10,13H,5-7H2. The Morgan fingerprint density at radius 1 is 1.14 bits per heavy atom. The molecule has 0 aliphatic carbocycles. The van der Waals surface area contributed by atoms with E-state index in [9.17, 15) is 4.39 Å². The minimum Gasteiger partial charge on any atom is -0.368 e. The molecular weight excluding hydrogens is 179 g/mol. The number of hydrogen-bond acceptors (Lipinski definition) is 2. The first-order valence-corrected chi connectivity index (χ1v) is 5.08. The van der Waals surface area contributed by atoms with Crippen molar-refractivity contribution in [2.24, 2.45) is 0 Å². The molecular formula is C11H13FN2. The number of rotatable bonds is 1. The molecule has 2 nitrogen and oxygen atoms in total. The smallest absolute Gasteiger partial charge is 0.123 e. The van der Waals surface area contributed by atoms with Crippen LogP contribution in [0.15, 0.2) is 24.3 Å². The monoisotopic (exact) mass is 192 g/mol. The summed E-state index contributed by atoms with van der Waals surface area (Å²) in [6.07, 6.45) is 1.30. The zero-order chi connectivity index (χ0) is 9.54. The van der Waals surface area contributed by atoms with E-state index < -0.39 is 0 Å². The molecule has 0 spiro atoms. The molecule has 0 radical (unpaired) electrons. The number of piperazine rings is 1. The molecule has 2 atom stereocenters. The maximum absolute atomic E-state index is 12.7. The maximum atomic E-state index is 12.7. The molecule has 4 rings (SSSR count). The van der Waals surface area contributed by atoms with Crippen molar-refractivity contribution in [2.45, 2.75) is 18.5 Å². The van der Waals surface area contributed by atoms with Gasteiger partial charge < -0.3 is 10.2 Å². The third-order valence-corrected chi connectivity index (χ3v) is 3.11. The molecule has 3 aliphatic rings. The van der Waals surface area contributed by atoms with Crippen LogP contribution < -0.4 is 10.2 Å². The Morgan fingerprint density at radius 3 is 2.29 bits per heavy atom. The van der Waals surface area contributed by atoms with E-state index in [-0.39, 0.29) is 5.82 Å². The normalized spacial score (nSPS) is 29.9. The predicted octanol–water partition coefficient (Wildman–Crippen LogP) is 1.38. The summed E-state index contributed by atoms with van der Waals surface area (Å²) in [6, 6.07) is 8.09. The highest BCUT2D eigenvalue weighted by molar-refractivity contribution is 5.48. The molecule has 3 aliphatic heterocycles. The van der Waals surface area contributed by atoms with Crippen molar-refractivity contribution in [1.29, 1.82) is 0 Å². The number of halogens is 1. The highest BCUT2D eigenvalue weighted by Crippen LogP contribution is 2.25. The Labute approximate surface area is 82.7 Å². The lowest BCUT2D eigenvalue weighted by molar-refractivity contribution is 0.226. The molecule has 1 N–H and O–H groups in total. The van der Waals surface area contributed by atoms with Gasteiger partial charge in [0.15, 0.2) is 0 Å². The van der Waals surface area contributed by atoms with E-state index >= 15 is 0 Å². The second-order valence-corrected chi connectivity index (χ2v) is 4.18. The van der Waals surface area contributed by atoms with Gasteiger partial charge in [-0.1, -0.05) is 0 Å². The fraction of sp³-hybridized carbons (Fsp3) is 0.455. The zero-order valence-electron chi connectivity index (χ0n) is 7.91. The molecule has 2 unspecified atom stereocenters. The summed E-state index contributed by atoms with van der Waals surface area (Å²) >= 11 is 0. The van der Waals surface area contributed by atoms with Gasteiger partial charge in [-0.2, -0.15) is 0 Å². The summed E-state index contributed by atoms with van der Waals surface area (Å²) in [6.45, 7) is 2.12. The van der Waals surface area contributed by atoms with Crippen LogP contribution in [0.4, 0.5) is 10.1 Å². The summed E-state index contributed by atoms with van der Waals surface area (Å²) in [5.74, 6) is -0.158.